The Hall–Kier alpha value is -1.51. The molecule has 92 valence electrons. The first kappa shape index (κ1) is 12.9. The van der Waals surface area contributed by atoms with E-state index in [1.165, 1.54) is 12.1 Å². The van der Waals surface area contributed by atoms with E-state index in [1.807, 2.05) is 31.2 Å². The molecule has 0 fully saturated rings. The predicted octanol–water partition coefficient (Wildman–Crippen LogP) is 4.42. The molecule has 0 unspecified atom stereocenters. The molecule has 18 heavy (non-hydrogen) atoms. The molecule has 2 aromatic carbocycles. The highest BCUT2D eigenvalue weighted by molar-refractivity contribution is 6.36. The molecule has 0 spiro atoms. The zero-order valence-electron chi connectivity index (χ0n) is 9.67. The lowest BCUT2D eigenvalue weighted by Gasteiger charge is -2.09. The number of nitrogens with one attached hydrogen (secondary N) is 1. The van der Waals surface area contributed by atoms with Crippen LogP contribution >= 0.6 is 23.2 Å². The molecule has 2 aromatic rings. The highest BCUT2D eigenvalue weighted by Crippen LogP contribution is 2.32. The molecular weight excluding hydrogens is 269 g/mol. The number of phenols is 1. The Balaban J connectivity index is 2.49. The Morgan fingerprint density at radius 1 is 1.11 bits per heavy atom. The molecule has 0 aliphatic rings. The Morgan fingerprint density at radius 3 is 2.33 bits per heavy atom. The van der Waals surface area contributed by atoms with Gasteiger partial charge in [0.1, 0.15) is 5.75 Å². The highest BCUT2D eigenvalue weighted by atomic mass is 35.5. The number of phenolic OH excluding ortho intramolecular Hbond substituents is 1. The number of halogens is 2. The van der Waals surface area contributed by atoms with Crippen molar-refractivity contribution in [3.05, 3.63) is 63.1 Å². The topological polar surface area (TPSA) is 44.1 Å². The lowest BCUT2D eigenvalue weighted by atomic mass is 10.0. The van der Waals surface area contributed by atoms with E-state index in [4.69, 9.17) is 28.6 Å². The largest absolute Gasteiger partial charge is 0.506 e. The number of rotatable bonds is 2. The molecule has 0 aliphatic heterocycles. The van der Waals surface area contributed by atoms with Crippen molar-refractivity contribution in [2.45, 2.75) is 6.92 Å². The summed E-state index contributed by atoms with van der Waals surface area (Å²) >= 11 is 11.7. The van der Waals surface area contributed by atoms with Crippen molar-refractivity contribution in [1.82, 2.24) is 0 Å². The van der Waals surface area contributed by atoms with Gasteiger partial charge in [-0.3, -0.25) is 5.41 Å². The fourth-order valence-electron chi connectivity index (χ4n) is 1.63. The van der Waals surface area contributed by atoms with Crippen molar-refractivity contribution in [1.29, 1.82) is 5.41 Å². The summed E-state index contributed by atoms with van der Waals surface area (Å²) in [5.74, 6) is -0.119. The number of hydrogen-bond acceptors (Lipinski definition) is 2. The van der Waals surface area contributed by atoms with Gasteiger partial charge in [-0.2, -0.15) is 0 Å². The minimum absolute atomic E-state index is 0.119. The quantitative estimate of drug-likeness (QED) is 0.785. The van der Waals surface area contributed by atoms with Crippen LogP contribution in [0.5, 0.6) is 5.75 Å². The van der Waals surface area contributed by atoms with Crippen molar-refractivity contribution >= 4 is 28.9 Å². The number of hydrogen-bond donors (Lipinski definition) is 2. The second-order valence-corrected chi connectivity index (χ2v) is 4.87. The molecule has 0 saturated carbocycles. The summed E-state index contributed by atoms with van der Waals surface area (Å²) in [4.78, 5) is 0. The normalized spacial score (nSPS) is 10.4. The van der Waals surface area contributed by atoms with E-state index in [0.717, 1.165) is 5.56 Å². The van der Waals surface area contributed by atoms with Crippen LogP contribution in [-0.4, -0.2) is 10.8 Å². The van der Waals surface area contributed by atoms with Crippen molar-refractivity contribution in [2.75, 3.05) is 0 Å². The van der Waals surface area contributed by atoms with Gasteiger partial charge in [0.2, 0.25) is 0 Å². The third-order valence-electron chi connectivity index (χ3n) is 2.64. The van der Waals surface area contributed by atoms with Crippen molar-refractivity contribution < 1.29 is 5.11 Å². The van der Waals surface area contributed by atoms with Gasteiger partial charge in [-0.25, -0.2) is 0 Å². The number of aromatic hydroxyl groups is 1. The zero-order valence-corrected chi connectivity index (χ0v) is 11.2. The molecule has 2 rings (SSSR count). The molecular formula is C14H11Cl2NO. The fourth-order valence-corrected chi connectivity index (χ4v) is 2.13. The molecule has 4 heteroatoms. The van der Waals surface area contributed by atoms with E-state index < -0.39 is 0 Å². The van der Waals surface area contributed by atoms with E-state index in [1.54, 1.807) is 0 Å². The molecule has 2 nitrogen and oxygen atoms in total. The maximum atomic E-state index is 9.88. The van der Waals surface area contributed by atoms with Crippen LogP contribution in [-0.2, 0) is 0 Å². The maximum absolute atomic E-state index is 9.88. The van der Waals surface area contributed by atoms with Gasteiger partial charge < -0.3 is 5.11 Å². The van der Waals surface area contributed by atoms with Gasteiger partial charge in [-0.05, 0) is 19.1 Å². The smallest absolute Gasteiger partial charge is 0.143 e. The SMILES string of the molecule is Cc1ccc(C(=N)c2cc(Cl)cc(Cl)c2O)cc1. The summed E-state index contributed by atoms with van der Waals surface area (Å²) in [5, 5.41) is 18.5. The summed E-state index contributed by atoms with van der Waals surface area (Å²) in [5.41, 5.74) is 2.34. The zero-order chi connectivity index (χ0) is 13.3. The Bertz CT molecular complexity index is 606. The van der Waals surface area contributed by atoms with Gasteiger partial charge >= 0.3 is 0 Å². The van der Waals surface area contributed by atoms with Gasteiger partial charge in [0.25, 0.3) is 0 Å². The molecule has 0 bridgehead atoms. The van der Waals surface area contributed by atoms with Gasteiger partial charge in [-0.1, -0.05) is 53.0 Å². The molecule has 0 aromatic heterocycles. The summed E-state index contributed by atoms with van der Waals surface area (Å²) in [6.07, 6.45) is 0. The summed E-state index contributed by atoms with van der Waals surface area (Å²) in [6, 6.07) is 10.5. The summed E-state index contributed by atoms with van der Waals surface area (Å²) in [6.45, 7) is 1.97. The first-order valence-electron chi connectivity index (χ1n) is 5.33. The van der Waals surface area contributed by atoms with Crippen molar-refractivity contribution in [2.24, 2.45) is 0 Å². The third kappa shape index (κ3) is 2.50. The molecule has 0 heterocycles. The molecule has 2 N–H and O–H groups in total. The van der Waals surface area contributed by atoms with E-state index in [0.29, 0.717) is 16.1 Å². The average molecular weight is 280 g/mol. The Kier molecular flexibility index (Phi) is 3.60. The van der Waals surface area contributed by atoms with E-state index in [-0.39, 0.29) is 16.5 Å². The van der Waals surface area contributed by atoms with Gasteiger partial charge in [-0.15, -0.1) is 0 Å². The third-order valence-corrected chi connectivity index (χ3v) is 3.14. The van der Waals surface area contributed by atoms with Gasteiger partial charge in [0.15, 0.2) is 0 Å². The lowest BCUT2D eigenvalue weighted by molar-refractivity contribution is 0.474. The predicted molar refractivity (Wildman–Crippen MR) is 75.2 cm³/mol. The lowest BCUT2D eigenvalue weighted by Crippen LogP contribution is -2.02. The summed E-state index contributed by atoms with van der Waals surface area (Å²) < 4.78 is 0. The van der Waals surface area contributed by atoms with Crippen LogP contribution < -0.4 is 0 Å². The van der Waals surface area contributed by atoms with Gasteiger partial charge in [0.05, 0.1) is 10.7 Å². The minimum Gasteiger partial charge on any atom is -0.506 e. The van der Waals surface area contributed by atoms with Gasteiger partial charge in [0, 0.05) is 16.1 Å². The molecule has 0 radical (unpaired) electrons. The van der Waals surface area contributed by atoms with Crippen molar-refractivity contribution in [3.63, 3.8) is 0 Å². The number of aryl methyl sites for hydroxylation is 1. The van der Waals surface area contributed by atoms with E-state index in [2.05, 4.69) is 0 Å². The summed E-state index contributed by atoms with van der Waals surface area (Å²) in [7, 11) is 0. The molecule has 0 aliphatic carbocycles. The maximum Gasteiger partial charge on any atom is 0.143 e. The Labute approximate surface area is 115 Å². The first-order valence-corrected chi connectivity index (χ1v) is 6.08. The monoisotopic (exact) mass is 279 g/mol. The second-order valence-electron chi connectivity index (χ2n) is 4.02. The van der Waals surface area contributed by atoms with Crippen LogP contribution in [0.4, 0.5) is 0 Å². The second kappa shape index (κ2) is 5.01. The van der Waals surface area contributed by atoms with Crippen LogP contribution in [0.2, 0.25) is 10.0 Å². The molecule has 0 atom stereocenters. The van der Waals surface area contributed by atoms with E-state index in [9.17, 15) is 5.11 Å². The van der Waals surface area contributed by atoms with E-state index >= 15 is 0 Å². The van der Waals surface area contributed by atoms with Crippen LogP contribution in [0, 0.1) is 12.3 Å². The van der Waals surface area contributed by atoms with Crippen LogP contribution in [0.25, 0.3) is 0 Å². The highest BCUT2D eigenvalue weighted by Gasteiger charge is 2.13. The minimum atomic E-state index is -0.119. The Morgan fingerprint density at radius 2 is 1.72 bits per heavy atom. The average Bonchev–Trinajstić information content (AvgIpc) is 2.34. The molecule has 0 amide bonds. The first-order chi connectivity index (χ1) is 8.49. The molecule has 0 saturated heterocycles. The standard InChI is InChI=1S/C14H11Cl2NO/c1-8-2-4-9(5-3-8)13(17)11-6-10(15)7-12(16)14(11)18/h2-7,17-18H,1H3. The van der Waals surface area contributed by atoms with Crippen LogP contribution in [0.15, 0.2) is 36.4 Å². The van der Waals surface area contributed by atoms with Crippen molar-refractivity contribution in [3.8, 4) is 5.75 Å². The number of benzene rings is 2. The van der Waals surface area contributed by atoms with Crippen LogP contribution in [0.1, 0.15) is 16.7 Å². The fraction of sp³-hybridized carbons (Fsp3) is 0.0714. The van der Waals surface area contributed by atoms with Crippen LogP contribution in [0.3, 0.4) is 0 Å².